The average Bonchev–Trinajstić information content (AvgIpc) is 2.59. The molecule has 1 atom stereocenters. The number of anilines is 2. The van der Waals surface area contributed by atoms with Crippen molar-refractivity contribution in [3.05, 3.63) is 66.4 Å². The van der Waals surface area contributed by atoms with Crippen LogP contribution in [0.2, 0.25) is 0 Å². The molecular weight excluding hydrogens is 288 g/mol. The highest BCUT2D eigenvalue weighted by molar-refractivity contribution is 6.09. The Morgan fingerprint density at radius 1 is 1.09 bits per heavy atom. The number of benzene rings is 2. The second kappa shape index (κ2) is 5.28. The van der Waals surface area contributed by atoms with Gasteiger partial charge in [-0.2, -0.15) is 0 Å². The maximum atomic E-state index is 12.9. The summed E-state index contributed by atoms with van der Waals surface area (Å²) in [5.41, 5.74) is 6.42. The van der Waals surface area contributed by atoms with Crippen LogP contribution in [0.5, 0.6) is 0 Å². The van der Waals surface area contributed by atoms with Crippen LogP contribution >= 0.6 is 0 Å². The molecule has 0 aliphatic carbocycles. The molecular formula is C18H16N4O. The largest absolute Gasteiger partial charge is 0.363 e. The molecule has 0 unspecified atom stereocenters. The number of carbonyl (C=O) groups excluding carboxylic acids is 1. The van der Waals surface area contributed by atoms with E-state index in [4.69, 9.17) is 0 Å². The number of carbonyl (C=O) groups is 1. The maximum absolute atomic E-state index is 12.9. The number of para-hydroxylation sites is 1. The number of nitrogens with zero attached hydrogens (tertiary/aromatic N) is 2. The molecule has 2 heterocycles. The van der Waals surface area contributed by atoms with Gasteiger partial charge < -0.3 is 5.32 Å². The van der Waals surface area contributed by atoms with E-state index in [1.807, 2.05) is 61.5 Å². The predicted octanol–water partition coefficient (Wildman–Crippen LogP) is 3.48. The molecule has 0 saturated carbocycles. The number of hydrogen-bond donors (Lipinski definition) is 2. The van der Waals surface area contributed by atoms with Crippen LogP contribution in [-0.2, 0) is 0 Å². The number of aromatic nitrogens is 1. The molecule has 2 N–H and O–H groups in total. The zero-order chi connectivity index (χ0) is 15.8. The topological polar surface area (TPSA) is 57.3 Å². The third-order valence-electron chi connectivity index (χ3n) is 4.00. The number of hydrazine groups is 1. The van der Waals surface area contributed by atoms with E-state index in [-0.39, 0.29) is 12.1 Å². The molecule has 1 aromatic heterocycles. The van der Waals surface area contributed by atoms with Crippen LogP contribution in [0.15, 0.2) is 60.8 Å². The van der Waals surface area contributed by atoms with E-state index < -0.39 is 0 Å². The molecule has 4 rings (SSSR count). The molecule has 0 radical (unpaired) electrons. The van der Waals surface area contributed by atoms with Crippen molar-refractivity contribution in [3.8, 4) is 0 Å². The molecule has 0 fully saturated rings. The fraction of sp³-hybridized carbons (Fsp3) is 0.111. The number of fused-ring (bicyclic) bond motifs is 3. The average molecular weight is 304 g/mol. The fourth-order valence-electron chi connectivity index (χ4n) is 2.86. The Hall–Kier alpha value is -3.08. The molecule has 23 heavy (non-hydrogen) atoms. The van der Waals surface area contributed by atoms with Crippen LogP contribution in [0.3, 0.4) is 0 Å². The summed E-state index contributed by atoms with van der Waals surface area (Å²) >= 11 is 0. The summed E-state index contributed by atoms with van der Waals surface area (Å²) in [5.74, 6) is -0.0548. The lowest BCUT2D eigenvalue weighted by atomic mass is 10.0. The molecule has 1 aliphatic rings. The first-order valence-corrected chi connectivity index (χ1v) is 7.53. The summed E-state index contributed by atoms with van der Waals surface area (Å²) in [6.45, 7) is 1.95. The highest BCUT2D eigenvalue weighted by Gasteiger charge is 2.30. The van der Waals surface area contributed by atoms with Gasteiger partial charge in [-0.3, -0.25) is 15.2 Å². The van der Waals surface area contributed by atoms with Gasteiger partial charge in [-0.05, 0) is 43.3 Å². The number of amides is 1. The van der Waals surface area contributed by atoms with E-state index in [1.54, 1.807) is 11.2 Å². The summed E-state index contributed by atoms with van der Waals surface area (Å²) in [4.78, 5) is 17.2. The monoisotopic (exact) mass is 304 g/mol. The minimum atomic E-state index is -0.180. The Labute approximate surface area is 133 Å². The van der Waals surface area contributed by atoms with Gasteiger partial charge in [0.1, 0.15) is 6.17 Å². The van der Waals surface area contributed by atoms with Gasteiger partial charge in [-0.1, -0.05) is 18.2 Å². The molecule has 2 aromatic carbocycles. The Kier molecular flexibility index (Phi) is 3.12. The zero-order valence-corrected chi connectivity index (χ0v) is 12.7. The summed E-state index contributed by atoms with van der Waals surface area (Å²) in [6, 6.07) is 17.2. The Bertz CT molecular complexity index is 879. The summed E-state index contributed by atoms with van der Waals surface area (Å²) in [6.07, 6.45) is 1.58. The van der Waals surface area contributed by atoms with Gasteiger partial charge in [0, 0.05) is 11.6 Å². The van der Waals surface area contributed by atoms with Crippen LogP contribution in [-0.4, -0.2) is 22.1 Å². The summed E-state index contributed by atoms with van der Waals surface area (Å²) < 4.78 is 0. The van der Waals surface area contributed by atoms with E-state index in [0.717, 1.165) is 22.3 Å². The number of pyridine rings is 1. The third kappa shape index (κ3) is 2.26. The van der Waals surface area contributed by atoms with Crippen LogP contribution in [0.1, 0.15) is 17.3 Å². The van der Waals surface area contributed by atoms with Crippen molar-refractivity contribution >= 4 is 28.2 Å². The fourth-order valence-corrected chi connectivity index (χ4v) is 2.86. The van der Waals surface area contributed by atoms with Crippen molar-refractivity contribution < 1.29 is 4.79 Å². The van der Waals surface area contributed by atoms with Crippen molar-refractivity contribution in [3.63, 3.8) is 0 Å². The zero-order valence-electron chi connectivity index (χ0n) is 12.7. The molecule has 5 heteroatoms. The van der Waals surface area contributed by atoms with Gasteiger partial charge in [0.15, 0.2) is 0 Å². The van der Waals surface area contributed by atoms with E-state index in [0.29, 0.717) is 5.56 Å². The van der Waals surface area contributed by atoms with Crippen LogP contribution in [0.4, 0.5) is 11.4 Å². The number of hydrogen-bond acceptors (Lipinski definition) is 4. The standard InChI is InChI=1S/C18H16N4O/c1-12-20-17-14-8-5-11-19-16(14)10-9-15(17)18(23)22(12)21-13-6-3-2-4-7-13/h2-12,20-21H,1H3/t12-/m0/s1. The van der Waals surface area contributed by atoms with Crippen molar-refractivity contribution in [1.29, 1.82) is 0 Å². The minimum absolute atomic E-state index is 0.0548. The third-order valence-corrected chi connectivity index (χ3v) is 4.00. The number of nitrogens with one attached hydrogen (secondary N) is 2. The Morgan fingerprint density at radius 2 is 1.91 bits per heavy atom. The predicted molar refractivity (Wildman–Crippen MR) is 91.1 cm³/mol. The SMILES string of the molecule is C[C@H]1Nc2c(ccc3ncccc23)C(=O)N1Nc1ccccc1. The van der Waals surface area contributed by atoms with Gasteiger partial charge in [0.05, 0.1) is 22.5 Å². The molecule has 0 saturated heterocycles. The minimum Gasteiger partial charge on any atom is -0.363 e. The highest BCUT2D eigenvalue weighted by Crippen LogP contribution is 2.32. The molecule has 0 bridgehead atoms. The van der Waals surface area contributed by atoms with Gasteiger partial charge in [0.2, 0.25) is 0 Å². The molecule has 114 valence electrons. The van der Waals surface area contributed by atoms with Crippen LogP contribution < -0.4 is 10.7 Å². The lowest BCUT2D eigenvalue weighted by Crippen LogP contribution is -2.50. The lowest BCUT2D eigenvalue weighted by Gasteiger charge is -2.36. The van der Waals surface area contributed by atoms with Crippen LogP contribution in [0.25, 0.3) is 10.9 Å². The molecule has 0 spiro atoms. The van der Waals surface area contributed by atoms with Crippen molar-refractivity contribution in [2.24, 2.45) is 0 Å². The first kappa shape index (κ1) is 13.6. The van der Waals surface area contributed by atoms with E-state index in [1.165, 1.54) is 0 Å². The van der Waals surface area contributed by atoms with Crippen molar-refractivity contribution in [2.75, 3.05) is 10.7 Å². The van der Waals surface area contributed by atoms with Gasteiger partial charge in [-0.15, -0.1) is 0 Å². The van der Waals surface area contributed by atoms with Gasteiger partial charge >= 0.3 is 0 Å². The van der Waals surface area contributed by atoms with E-state index in [9.17, 15) is 4.79 Å². The molecule has 1 amide bonds. The normalized spacial score (nSPS) is 16.8. The molecule has 5 nitrogen and oxygen atoms in total. The Morgan fingerprint density at radius 3 is 2.74 bits per heavy atom. The van der Waals surface area contributed by atoms with E-state index in [2.05, 4.69) is 15.7 Å². The first-order valence-electron chi connectivity index (χ1n) is 7.53. The first-order chi connectivity index (χ1) is 11.2. The smallest absolute Gasteiger partial charge is 0.276 e. The Balaban J connectivity index is 1.75. The molecule has 1 aliphatic heterocycles. The van der Waals surface area contributed by atoms with Crippen LogP contribution in [0, 0.1) is 0 Å². The van der Waals surface area contributed by atoms with Gasteiger partial charge in [-0.25, -0.2) is 5.01 Å². The maximum Gasteiger partial charge on any atom is 0.276 e. The van der Waals surface area contributed by atoms with Crippen molar-refractivity contribution in [1.82, 2.24) is 9.99 Å². The highest BCUT2D eigenvalue weighted by atomic mass is 16.2. The lowest BCUT2D eigenvalue weighted by molar-refractivity contribution is 0.0746. The second-order valence-corrected chi connectivity index (χ2v) is 5.53. The molecule has 3 aromatic rings. The van der Waals surface area contributed by atoms with E-state index >= 15 is 0 Å². The second-order valence-electron chi connectivity index (χ2n) is 5.53. The van der Waals surface area contributed by atoms with Crippen molar-refractivity contribution in [2.45, 2.75) is 13.1 Å². The quantitative estimate of drug-likeness (QED) is 0.761. The number of rotatable bonds is 2. The summed E-state index contributed by atoms with van der Waals surface area (Å²) in [7, 11) is 0. The van der Waals surface area contributed by atoms with Gasteiger partial charge in [0.25, 0.3) is 5.91 Å². The summed E-state index contributed by atoms with van der Waals surface area (Å²) in [5, 5.41) is 5.98.